The van der Waals surface area contributed by atoms with Crippen LogP contribution in [0.25, 0.3) is 22.3 Å². The van der Waals surface area contributed by atoms with Gasteiger partial charge in [-0.25, -0.2) is 19.0 Å². The minimum atomic E-state index is -0.311. The molecule has 0 amide bonds. The van der Waals surface area contributed by atoms with Crippen LogP contribution in [0.3, 0.4) is 0 Å². The molecule has 6 heteroatoms. The summed E-state index contributed by atoms with van der Waals surface area (Å²) < 4.78 is 15.7. The van der Waals surface area contributed by atoms with Crippen LogP contribution in [0.2, 0.25) is 0 Å². The lowest BCUT2D eigenvalue weighted by Gasteiger charge is -2.10. The molecular weight excluding hydrogens is 329 g/mol. The first kappa shape index (κ1) is 15.0. The second-order valence-corrected chi connectivity index (χ2v) is 6.59. The van der Waals surface area contributed by atoms with Gasteiger partial charge >= 0.3 is 0 Å². The van der Waals surface area contributed by atoms with Gasteiger partial charge in [-0.3, -0.25) is 0 Å². The molecule has 1 aliphatic carbocycles. The Kier molecular flexibility index (Phi) is 3.25. The molecule has 1 aliphatic rings. The standard InChI is InChI=1S/C20H16FN5/c21-15-7-3-6-14(8-15)18-17-19(22)23-11-24-20(17)26(25-18)16-9-12-4-1-2-5-13(12)10-16/h1-8,11,16H,9-10H2,(H2,22,23,24). The maximum atomic E-state index is 13.7. The molecule has 26 heavy (non-hydrogen) atoms. The second kappa shape index (κ2) is 5.62. The Morgan fingerprint density at radius 2 is 1.77 bits per heavy atom. The van der Waals surface area contributed by atoms with Crippen LogP contribution >= 0.6 is 0 Å². The Hall–Kier alpha value is -3.28. The van der Waals surface area contributed by atoms with Crippen molar-refractivity contribution in [3.8, 4) is 11.3 Å². The van der Waals surface area contributed by atoms with Gasteiger partial charge in [0.15, 0.2) is 5.65 Å². The van der Waals surface area contributed by atoms with Crippen LogP contribution < -0.4 is 5.73 Å². The monoisotopic (exact) mass is 345 g/mol. The van der Waals surface area contributed by atoms with Crippen molar-refractivity contribution >= 4 is 16.9 Å². The first-order chi connectivity index (χ1) is 12.7. The Morgan fingerprint density at radius 3 is 2.50 bits per heavy atom. The summed E-state index contributed by atoms with van der Waals surface area (Å²) in [4.78, 5) is 8.55. The molecule has 4 aromatic rings. The zero-order chi connectivity index (χ0) is 17.7. The molecule has 5 rings (SSSR count). The third-order valence-electron chi connectivity index (χ3n) is 4.99. The molecule has 0 saturated carbocycles. The molecule has 2 N–H and O–H groups in total. The van der Waals surface area contributed by atoms with Crippen LogP contribution in [0.15, 0.2) is 54.9 Å². The van der Waals surface area contributed by atoms with E-state index < -0.39 is 0 Å². The van der Waals surface area contributed by atoms with Gasteiger partial charge < -0.3 is 5.73 Å². The highest BCUT2D eigenvalue weighted by Crippen LogP contribution is 2.36. The third-order valence-corrected chi connectivity index (χ3v) is 4.99. The minimum absolute atomic E-state index is 0.159. The van der Waals surface area contributed by atoms with E-state index in [1.54, 1.807) is 6.07 Å². The van der Waals surface area contributed by atoms with E-state index in [1.807, 2.05) is 10.7 Å². The van der Waals surface area contributed by atoms with Gasteiger partial charge in [0.25, 0.3) is 0 Å². The first-order valence-corrected chi connectivity index (χ1v) is 8.52. The predicted molar refractivity (Wildman–Crippen MR) is 98.0 cm³/mol. The lowest BCUT2D eigenvalue weighted by atomic mass is 10.1. The summed E-state index contributed by atoms with van der Waals surface area (Å²) >= 11 is 0. The molecule has 2 heterocycles. The smallest absolute Gasteiger partial charge is 0.164 e. The molecule has 0 unspecified atom stereocenters. The van der Waals surface area contributed by atoms with Crippen molar-refractivity contribution in [2.75, 3.05) is 5.73 Å². The maximum Gasteiger partial charge on any atom is 0.164 e. The van der Waals surface area contributed by atoms with Crippen molar-refractivity contribution in [2.24, 2.45) is 0 Å². The largest absolute Gasteiger partial charge is 0.383 e. The number of nitrogens with zero attached hydrogens (tertiary/aromatic N) is 4. The van der Waals surface area contributed by atoms with Crippen molar-refractivity contribution in [3.05, 3.63) is 71.8 Å². The van der Waals surface area contributed by atoms with Gasteiger partial charge in [0.05, 0.1) is 11.4 Å². The molecule has 0 spiro atoms. The normalized spacial score (nSPS) is 14.0. The van der Waals surface area contributed by atoms with Crippen molar-refractivity contribution in [2.45, 2.75) is 18.9 Å². The fourth-order valence-corrected chi connectivity index (χ4v) is 3.80. The van der Waals surface area contributed by atoms with Crippen LogP contribution in [0.4, 0.5) is 10.2 Å². The van der Waals surface area contributed by atoms with Gasteiger partial charge in [-0.2, -0.15) is 5.10 Å². The number of fused-ring (bicyclic) bond motifs is 2. The molecule has 0 saturated heterocycles. The number of rotatable bonds is 2. The van der Waals surface area contributed by atoms with E-state index in [9.17, 15) is 4.39 Å². The summed E-state index contributed by atoms with van der Waals surface area (Å²) in [5.41, 5.74) is 10.8. The summed E-state index contributed by atoms with van der Waals surface area (Å²) in [5, 5.41) is 5.47. The SMILES string of the molecule is Nc1ncnc2c1c(-c1cccc(F)c1)nn2C1Cc2ccccc2C1. The van der Waals surface area contributed by atoms with Gasteiger partial charge in [0, 0.05) is 5.56 Å². The summed E-state index contributed by atoms with van der Waals surface area (Å²) in [6.45, 7) is 0. The highest BCUT2D eigenvalue weighted by atomic mass is 19.1. The number of nitrogens with two attached hydrogens (primary N) is 1. The number of hydrogen-bond donors (Lipinski definition) is 1. The second-order valence-electron chi connectivity index (χ2n) is 6.59. The lowest BCUT2D eigenvalue weighted by molar-refractivity contribution is 0.488. The Labute approximate surface area is 149 Å². The van der Waals surface area contributed by atoms with Gasteiger partial charge in [-0.05, 0) is 36.1 Å². The van der Waals surface area contributed by atoms with E-state index in [-0.39, 0.29) is 11.9 Å². The number of benzene rings is 2. The number of nitrogen functional groups attached to an aromatic ring is 1. The van der Waals surface area contributed by atoms with Crippen LogP contribution in [0, 0.1) is 5.82 Å². The molecule has 2 aromatic carbocycles. The molecule has 0 atom stereocenters. The Bertz CT molecular complexity index is 1110. The van der Waals surface area contributed by atoms with E-state index in [2.05, 4.69) is 34.2 Å². The number of anilines is 1. The van der Waals surface area contributed by atoms with E-state index in [0.29, 0.717) is 28.1 Å². The molecule has 0 fully saturated rings. The number of hydrogen-bond acceptors (Lipinski definition) is 4. The zero-order valence-corrected chi connectivity index (χ0v) is 13.9. The predicted octanol–water partition coefficient (Wildman–Crippen LogP) is 3.55. The van der Waals surface area contributed by atoms with Gasteiger partial charge in [-0.1, -0.05) is 36.4 Å². The summed E-state index contributed by atoms with van der Waals surface area (Å²) in [6.07, 6.45) is 3.23. The van der Waals surface area contributed by atoms with Gasteiger partial charge in [0.1, 0.15) is 23.7 Å². The van der Waals surface area contributed by atoms with E-state index in [4.69, 9.17) is 10.8 Å². The minimum Gasteiger partial charge on any atom is -0.383 e. The fourth-order valence-electron chi connectivity index (χ4n) is 3.80. The zero-order valence-electron chi connectivity index (χ0n) is 13.9. The van der Waals surface area contributed by atoms with E-state index in [1.165, 1.54) is 29.6 Å². The number of halogens is 1. The van der Waals surface area contributed by atoms with E-state index in [0.717, 1.165) is 12.8 Å². The Morgan fingerprint density at radius 1 is 1.00 bits per heavy atom. The molecule has 0 radical (unpaired) electrons. The molecule has 5 nitrogen and oxygen atoms in total. The highest BCUT2D eigenvalue weighted by molar-refractivity contribution is 5.98. The van der Waals surface area contributed by atoms with Crippen LogP contribution in [-0.2, 0) is 12.8 Å². The average molecular weight is 345 g/mol. The maximum absolute atomic E-state index is 13.7. The van der Waals surface area contributed by atoms with Crippen LogP contribution in [0.1, 0.15) is 17.2 Å². The van der Waals surface area contributed by atoms with Crippen LogP contribution in [0.5, 0.6) is 0 Å². The number of aromatic nitrogens is 4. The van der Waals surface area contributed by atoms with Crippen LogP contribution in [-0.4, -0.2) is 19.7 Å². The topological polar surface area (TPSA) is 69.6 Å². The molecular formula is C20H16FN5. The van der Waals surface area contributed by atoms with Gasteiger partial charge in [0.2, 0.25) is 0 Å². The summed E-state index contributed by atoms with van der Waals surface area (Å²) in [5.74, 6) is 0.0462. The van der Waals surface area contributed by atoms with Crippen molar-refractivity contribution in [1.29, 1.82) is 0 Å². The Balaban J connectivity index is 1.69. The average Bonchev–Trinajstić information content (AvgIpc) is 3.23. The molecule has 2 aromatic heterocycles. The molecule has 128 valence electrons. The van der Waals surface area contributed by atoms with Crippen molar-refractivity contribution in [3.63, 3.8) is 0 Å². The fraction of sp³-hybridized carbons (Fsp3) is 0.150. The molecule has 0 bridgehead atoms. The first-order valence-electron chi connectivity index (χ1n) is 8.52. The summed E-state index contributed by atoms with van der Waals surface area (Å²) in [6, 6.07) is 14.9. The van der Waals surface area contributed by atoms with Gasteiger partial charge in [-0.15, -0.1) is 0 Å². The highest BCUT2D eigenvalue weighted by Gasteiger charge is 2.27. The van der Waals surface area contributed by atoms with Crippen molar-refractivity contribution in [1.82, 2.24) is 19.7 Å². The van der Waals surface area contributed by atoms with Crippen molar-refractivity contribution < 1.29 is 4.39 Å². The summed E-state index contributed by atoms with van der Waals surface area (Å²) in [7, 11) is 0. The van der Waals surface area contributed by atoms with E-state index >= 15 is 0 Å². The lowest BCUT2D eigenvalue weighted by Crippen LogP contribution is -2.11. The third kappa shape index (κ3) is 2.26. The molecule has 0 aliphatic heterocycles. The quantitative estimate of drug-likeness (QED) is 0.603.